The van der Waals surface area contributed by atoms with E-state index < -0.39 is 0 Å². The van der Waals surface area contributed by atoms with Crippen LogP contribution < -0.4 is 5.32 Å². The molecule has 5 heteroatoms. The van der Waals surface area contributed by atoms with E-state index >= 15 is 0 Å². The Labute approximate surface area is 109 Å². The summed E-state index contributed by atoms with van der Waals surface area (Å²) in [5.41, 5.74) is 0.721. The number of nitrogens with one attached hydrogen (secondary N) is 1. The topological polar surface area (TPSA) is 34.1 Å². The smallest absolute Gasteiger partial charge is 0.183 e. The fourth-order valence-corrected chi connectivity index (χ4v) is 3.09. The van der Waals surface area contributed by atoms with E-state index in [9.17, 15) is 4.39 Å². The normalized spacial score (nSPS) is 23.7. The van der Waals surface area contributed by atoms with Crippen LogP contribution in [-0.4, -0.2) is 24.2 Å². The average Bonchev–Trinajstić information content (AvgIpc) is 2.92. The molecule has 0 spiro atoms. The molecule has 0 radical (unpaired) electrons. The fourth-order valence-electron chi connectivity index (χ4n) is 2.24. The molecule has 3 nitrogen and oxygen atoms in total. The molecule has 0 amide bonds. The molecular formula is C13H15FN2OS. The average molecular weight is 266 g/mol. The highest BCUT2D eigenvalue weighted by Gasteiger charge is 2.24. The molecular weight excluding hydrogens is 251 g/mol. The Bertz CT molecular complexity index is 557. The molecule has 18 heavy (non-hydrogen) atoms. The number of hydrogen-bond donors (Lipinski definition) is 1. The van der Waals surface area contributed by atoms with Crippen molar-refractivity contribution in [1.29, 1.82) is 0 Å². The molecule has 1 aliphatic heterocycles. The van der Waals surface area contributed by atoms with Crippen molar-refractivity contribution in [3.63, 3.8) is 0 Å². The van der Waals surface area contributed by atoms with Crippen LogP contribution in [0.4, 0.5) is 9.52 Å². The lowest BCUT2D eigenvalue weighted by atomic mass is 10.0. The molecule has 0 aliphatic carbocycles. The molecule has 2 aromatic rings. The number of ether oxygens (including phenoxy) is 1. The number of benzene rings is 1. The van der Waals surface area contributed by atoms with Gasteiger partial charge in [-0.3, -0.25) is 0 Å². The van der Waals surface area contributed by atoms with E-state index in [2.05, 4.69) is 17.2 Å². The van der Waals surface area contributed by atoms with Crippen LogP contribution >= 0.6 is 11.3 Å². The van der Waals surface area contributed by atoms with Crippen LogP contribution in [-0.2, 0) is 4.74 Å². The molecule has 1 saturated heterocycles. The minimum atomic E-state index is -0.239. The number of aromatic nitrogens is 1. The lowest BCUT2D eigenvalue weighted by Crippen LogP contribution is -2.20. The maximum Gasteiger partial charge on any atom is 0.183 e. The minimum absolute atomic E-state index is 0.239. The SMILES string of the molecule is CC1OCCC1CNc1nc2cc(F)ccc2s1. The highest BCUT2D eigenvalue weighted by molar-refractivity contribution is 7.22. The standard InChI is InChI=1S/C13H15FN2OS/c1-8-9(4-5-17-8)7-15-13-16-11-6-10(14)2-3-12(11)18-13/h2-3,6,8-9H,4-5,7H2,1H3,(H,15,16). The van der Waals surface area contributed by atoms with Gasteiger partial charge < -0.3 is 10.1 Å². The van der Waals surface area contributed by atoms with E-state index in [1.807, 2.05) is 0 Å². The zero-order chi connectivity index (χ0) is 12.5. The highest BCUT2D eigenvalue weighted by Crippen LogP contribution is 2.27. The Hall–Kier alpha value is -1.20. The maximum absolute atomic E-state index is 13.1. The summed E-state index contributed by atoms with van der Waals surface area (Å²) in [6, 6.07) is 4.71. The van der Waals surface area contributed by atoms with Crippen molar-refractivity contribution >= 4 is 26.7 Å². The van der Waals surface area contributed by atoms with Gasteiger partial charge in [0.1, 0.15) is 5.82 Å². The van der Waals surface area contributed by atoms with E-state index in [0.29, 0.717) is 12.0 Å². The maximum atomic E-state index is 13.1. The summed E-state index contributed by atoms with van der Waals surface area (Å²) in [7, 11) is 0. The first-order chi connectivity index (χ1) is 8.72. The van der Waals surface area contributed by atoms with Crippen LogP contribution in [0.2, 0.25) is 0 Å². The first kappa shape index (κ1) is 11.9. The fraction of sp³-hybridized carbons (Fsp3) is 0.462. The zero-order valence-electron chi connectivity index (χ0n) is 10.1. The monoisotopic (exact) mass is 266 g/mol. The van der Waals surface area contributed by atoms with Gasteiger partial charge in [0.25, 0.3) is 0 Å². The third-order valence-corrected chi connectivity index (χ3v) is 4.39. The molecule has 0 bridgehead atoms. The number of halogens is 1. The van der Waals surface area contributed by atoms with Crippen LogP contribution in [0, 0.1) is 11.7 Å². The van der Waals surface area contributed by atoms with E-state index in [0.717, 1.165) is 34.9 Å². The summed E-state index contributed by atoms with van der Waals surface area (Å²) < 4.78 is 19.6. The van der Waals surface area contributed by atoms with Gasteiger partial charge >= 0.3 is 0 Å². The molecule has 2 heterocycles. The number of nitrogens with zero attached hydrogens (tertiary/aromatic N) is 1. The third-order valence-electron chi connectivity index (χ3n) is 3.40. The largest absolute Gasteiger partial charge is 0.378 e. The summed E-state index contributed by atoms with van der Waals surface area (Å²) in [4.78, 5) is 4.39. The Balaban J connectivity index is 1.71. The number of thiazole rings is 1. The van der Waals surface area contributed by atoms with Crippen molar-refractivity contribution in [2.24, 2.45) is 5.92 Å². The molecule has 0 saturated carbocycles. The van der Waals surface area contributed by atoms with E-state index in [4.69, 9.17) is 4.74 Å². The predicted octanol–water partition coefficient (Wildman–Crippen LogP) is 3.27. The van der Waals surface area contributed by atoms with Gasteiger partial charge in [-0.2, -0.15) is 0 Å². The first-order valence-corrected chi connectivity index (χ1v) is 6.95. The lowest BCUT2D eigenvalue weighted by molar-refractivity contribution is 0.108. The van der Waals surface area contributed by atoms with Crippen molar-refractivity contribution in [2.75, 3.05) is 18.5 Å². The van der Waals surface area contributed by atoms with Crippen molar-refractivity contribution in [3.05, 3.63) is 24.0 Å². The van der Waals surface area contributed by atoms with E-state index in [1.165, 1.54) is 12.1 Å². The Morgan fingerprint density at radius 2 is 2.44 bits per heavy atom. The predicted molar refractivity (Wildman–Crippen MR) is 71.6 cm³/mol. The van der Waals surface area contributed by atoms with Gasteiger partial charge in [0.15, 0.2) is 5.13 Å². The van der Waals surface area contributed by atoms with Crippen molar-refractivity contribution < 1.29 is 9.13 Å². The van der Waals surface area contributed by atoms with Crippen molar-refractivity contribution in [2.45, 2.75) is 19.4 Å². The van der Waals surface area contributed by atoms with Gasteiger partial charge in [0, 0.05) is 25.1 Å². The third kappa shape index (κ3) is 2.33. The lowest BCUT2D eigenvalue weighted by Gasteiger charge is -2.13. The molecule has 1 aromatic carbocycles. The zero-order valence-corrected chi connectivity index (χ0v) is 11.0. The molecule has 1 aliphatic rings. The second-order valence-corrected chi connectivity index (χ2v) is 5.67. The van der Waals surface area contributed by atoms with Crippen LogP contribution in [0.5, 0.6) is 0 Å². The second-order valence-electron chi connectivity index (χ2n) is 4.64. The van der Waals surface area contributed by atoms with Gasteiger partial charge in [-0.1, -0.05) is 11.3 Å². The van der Waals surface area contributed by atoms with Gasteiger partial charge in [-0.15, -0.1) is 0 Å². The Kier molecular flexibility index (Phi) is 3.18. The van der Waals surface area contributed by atoms with Crippen LogP contribution in [0.1, 0.15) is 13.3 Å². The molecule has 1 aromatic heterocycles. The molecule has 1 fully saturated rings. The Morgan fingerprint density at radius 3 is 3.22 bits per heavy atom. The van der Waals surface area contributed by atoms with E-state index in [1.54, 1.807) is 17.4 Å². The number of fused-ring (bicyclic) bond motifs is 1. The summed E-state index contributed by atoms with van der Waals surface area (Å²) >= 11 is 1.56. The molecule has 2 atom stereocenters. The van der Waals surface area contributed by atoms with Crippen LogP contribution in [0.25, 0.3) is 10.2 Å². The van der Waals surface area contributed by atoms with Crippen LogP contribution in [0.15, 0.2) is 18.2 Å². The molecule has 2 unspecified atom stereocenters. The summed E-state index contributed by atoms with van der Waals surface area (Å²) in [5.74, 6) is 0.297. The van der Waals surface area contributed by atoms with Crippen molar-refractivity contribution in [1.82, 2.24) is 4.98 Å². The molecule has 1 N–H and O–H groups in total. The van der Waals surface area contributed by atoms with Crippen molar-refractivity contribution in [3.8, 4) is 0 Å². The summed E-state index contributed by atoms with van der Waals surface area (Å²) in [6.45, 7) is 3.81. The second kappa shape index (κ2) is 4.82. The number of anilines is 1. The number of hydrogen-bond acceptors (Lipinski definition) is 4. The van der Waals surface area contributed by atoms with Gasteiger partial charge in [-0.25, -0.2) is 9.37 Å². The molecule has 96 valence electrons. The minimum Gasteiger partial charge on any atom is -0.378 e. The first-order valence-electron chi connectivity index (χ1n) is 6.14. The summed E-state index contributed by atoms with van der Waals surface area (Å²) in [6.07, 6.45) is 1.40. The van der Waals surface area contributed by atoms with Gasteiger partial charge in [-0.05, 0) is 25.5 Å². The van der Waals surface area contributed by atoms with Gasteiger partial charge in [0.2, 0.25) is 0 Å². The summed E-state index contributed by atoms with van der Waals surface area (Å²) in [5, 5.41) is 4.19. The Morgan fingerprint density at radius 1 is 1.56 bits per heavy atom. The molecule has 3 rings (SSSR count). The van der Waals surface area contributed by atoms with Crippen LogP contribution in [0.3, 0.4) is 0 Å². The van der Waals surface area contributed by atoms with Gasteiger partial charge in [0.05, 0.1) is 16.3 Å². The van der Waals surface area contributed by atoms with E-state index in [-0.39, 0.29) is 5.82 Å². The number of rotatable bonds is 3. The highest BCUT2D eigenvalue weighted by atomic mass is 32.1. The quantitative estimate of drug-likeness (QED) is 0.925.